The van der Waals surface area contributed by atoms with Crippen molar-refractivity contribution in [1.29, 1.82) is 0 Å². The van der Waals surface area contributed by atoms with Crippen LogP contribution < -0.4 is 16.0 Å². The van der Waals surface area contributed by atoms with Gasteiger partial charge in [0.05, 0.1) is 29.0 Å². The molecule has 2 aromatic heterocycles. The first-order chi connectivity index (χ1) is 15.7. The number of carbonyl (C=O) groups excluding carboxylic acids is 2. The van der Waals surface area contributed by atoms with Crippen LogP contribution in [0, 0.1) is 0 Å². The Morgan fingerprint density at radius 2 is 2.15 bits per heavy atom. The average Bonchev–Trinajstić information content (AvgIpc) is 3.40. The van der Waals surface area contributed by atoms with Crippen LogP contribution in [0.1, 0.15) is 13.3 Å². The number of amides is 3. The highest BCUT2D eigenvalue weighted by Crippen LogP contribution is 2.33. The number of H-pyrrole nitrogens is 1. The number of nitrogens with one attached hydrogen (secondary N) is 4. The number of hydrogen-bond acceptors (Lipinski definition) is 6. The molecule has 3 atom stereocenters. The van der Waals surface area contributed by atoms with Gasteiger partial charge in [-0.3, -0.25) is 15.0 Å². The Morgan fingerprint density at radius 1 is 1.33 bits per heavy atom. The van der Waals surface area contributed by atoms with Crippen molar-refractivity contribution >= 4 is 28.9 Å². The first kappa shape index (κ1) is 21.1. The Balaban J connectivity index is 1.36. The molecule has 5 rings (SSSR count). The summed E-state index contributed by atoms with van der Waals surface area (Å²) in [6.07, 6.45) is 2.58. The van der Waals surface area contributed by atoms with Gasteiger partial charge < -0.3 is 20.5 Å². The molecule has 0 aromatic carbocycles. The molecular weight excluding hydrogens is 441 g/mol. The van der Waals surface area contributed by atoms with Crippen LogP contribution in [0.15, 0.2) is 42.1 Å². The fourth-order valence-electron chi connectivity index (χ4n) is 4.20. The van der Waals surface area contributed by atoms with Crippen LogP contribution >= 0.6 is 0 Å². The summed E-state index contributed by atoms with van der Waals surface area (Å²) < 4.78 is 38.6. The van der Waals surface area contributed by atoms with Gasteiger partial charge in [0.2, 0.25) is 11.9 Å². The molecule has 1 fully saturated rings. The molecule has 0 spiro atoms. The molecule has 3 amide bonds. The summed E-state index contributed by atoms with van der Waals surface area (Å²) in [6, 6.07) is -1.97. The predicted octanol–water partition coefficient (Wildman–Crippen LogP) is 1.64. The molecule has 0 saturated carbocycles. The fraction of sp³-hybridized carbons (Fsp3) is 0.400. The molecule has 13 heteroatoms. The monoisotopic (exact) mass is 462 g/mol. The van der Waals surface area contributed by atoms with Crippen LogP contribution in [0.4, 0.5) is 23.9 Å². The Hall–Kier alpha value is -3.77. The number of fused-ring (bicyclic) bond motifs is 4. The third kappa shape index (κ3) is 3.83. The van der Waals surface area contributed by atoms with Crippen molar-refractivity contribution < 1.29 is 22.8 Å². The number of hydrogen-bond donors (Lipinski definition) is 4. The number of nitrogens with zero attached hydrogens (tertiary/aromatic N) is 4. The second-order valence-corrected chi connectivity index (χ2v) is 8.15. The lowest BCUT2D eigenvalue weighted by atomic mass is 10.1. The number of allylic oxidation sites excluding steroid dienone is 1. The molecule has 2 bridgehead atoms. The Kier molecular flexibility index (Phi) is 4.91. The van der Waals surface area contributed by atoms with Gasteiger partial charge in [0.25, 0.3) is 0 Å². The number of dihydropyridines is 1. The molecule has 33 heavy (non-hydrogen) atoms. The molecule has 3 aliphatic heterocycles. The summed E-state index contributed by atoms with van der Waals surface area (Å²) in [4.78, 5) is 40.7. The molecule has 10 nitrogen and oxygen atoms in total. The summed E-state index contributed by atoms with van der Waals surface area (Å²) in [5.74, 6) is -0.349. The van der Waals surface area contributed by atoms with E-state index < -0.39 is 30.2 Å². The third-order valence-electron chi connectivity index (χ3n) is 5.96. The first-order valence-corrected chi connectivity index (χ1v) is 10.4. The average molecular weight is 462 g/mol. The SMILES string of the molecule is C[C@@H](NC(=O)C1C=CC2=C(N1)N(C(=O)Nc1ncc3[nH]ccc3n1)[C@H]1CCN2C1)C(F)(F)F. The van der Waals surface area contributed by atoms with Gasteiger partial charge in [-0.05, 0) is 25.5 Å². The topological polar surface area (TPSA) is 118 Å². The van der Waals surface area contributed by atoms with E-state index in [1.54, 1.807) is 24.5 Å². The standard InChI is InChI=1S/C20H21F3N8O2/c1-10(20(21,22)23)26-17(32)13-2-3-15-16(27-13)31(11-5-7-30(15)9-11)19(33)29-18-25-8-14-12(28-18)4-6-24-14/h2-4,6,8,10-11,13,24,27H,5,7,9H2,1H3,(H,26,32)(H,25,28,29,33)/t10-,11+,13?/m1/s1. The van der Waals surface area contributed by atoms with Gasteiger partial charge in [0.15, 0.2) is 0 Å². The van der Waals surface area contributed by atoms with Crippen molar-refractivity contribution in [3.63, 3.8) is 0 Å². The van der Waals surface area contributed by atoms with E-state index in [0.29, 0.717) is 36.5 Å². The van der Waals surface area contributed by atoms with Crippen molar-refractivity contribution in [2.45, 2.75) is 37.6 Å². The number of rotatable bonds is 3. The highest BCUT2D eigenvalue weighted by Gasteiger charge is 2.43. The van der Waals surface area contributed by atoms with Gasteiger partial charge in [-0.2, -0.15) is 13.2 Å². The van der Waals surface area contributed by atoms with Crippen LogP contribution in [-0.2, 0) is 4.79 Å². The van der Waals surface area contributed by atoms with Crippen molar-refractivity contribution in [2.75, 3.05) is 18.4 Å². The van der Waals surface area contributed by atoms with Gasteiger partial charge in [0.1, 0.15) is 17.9 Å². The van der Waals surface area contributed by atoms with Crippen molar-refractivity contribution in [2.24, 2.45) is 0 Å². The molecule has 0 aliphatic carbocycles. The number of alkyl halides is 3. The molecule has 2 aromatic rings. The largest absolute Gasteiger partial charge is 0.408 e. The minimum atomic E-state index is -4.55. The lowest BCUT2D eigenvalue weighted by Gasteiger charge is -2.40. The number of carbonyl (C=O) groups is 2. The van der Waals surface area contributed by atoms with E-state index in [1.165, 1.54) is 11.0 Å². The number of aromatic nitrogens is 3. The zero-order valence-electron chi connectivity index (χ0n) is 17.5. The van der Waals surface area contributed by atoms with Crippen molar-refractivity contribution in [1.82, 2.24) is 35.4 Å². The molecule has 3 aliphatic rings. The number of urea groups is 1. The Bertz CT molecular complexity index is 1170. The Labute approximate surface area is 185 Å². The lowest BCUT2D eigenvalue weighted by Crippen LogP contribution is -2.57. The normalized spacial score (nSPS) is 22.8. The minimum Gasteiger partial charge on any atom is -0.366 e. The zero-order chi connectivity index (χ0) is 23.3. The lowest BCUT2D eigenvalue weighted by molar-refractivity contribution is -0.158. The van der Waals surface area contributed by atoms with Gasteiger partial charge in [-0.15, -0.1) is 0 Å². The first-order valence-electron chi connectivity index (χ1n) is 10.4. The Morgan fingerprint density at radius 3 is 2.94 bits per heavy atom. The highest BCUT2D eigenvalue weighted by atomic mass is 19.4. The highest BCUT2D eigenvalue weighted by molar-refractivity contribution is 5.91. The summed E-state index contributed by atoms with van der Waals surface area (Å²) in [5.41, 5.74) is 2.07. The number of halogens is 3. The minimum absolute atomic E-state index is 0.120. The second-order valence-electron chi connectivity index (χ2n) is 8.15. The molecule has 0 radical (unpaired) electrons. The third-order valence-corrected chi connectivity index (χ3v) is 5.96. The van der Waals surface area contributed by atoms with E-state index in [9.17, 15) is 22.8 Å². The molecular formula is C20H21F3N8O2. The maximum absolute atomic E-state index is 13.2. The zero-order valence-corrected chi connectivity index (χ0v) is 17.5. The van der Waals surface area contributed by atoms with E-state index in [0.717, 1.165) is 12.4 Å². The number of anilines is 1. The number of aromatic amines is 1. The second kappa shape index (κ2) is 7.67. The van der Waals surface area contributed by atoms with Crippen LogP contribution in [0.5, 0.6) is 0 Å². The van der Waals surface area contributed by atoms with Crippen LogP contribution in [-0.4, -0.2) is 74.1 Å². The van der Waals surface area contributed by atoms with E-state index in [2.05, 4.69) is 30.5 Å². The van der Waals surface area contributed by atoms with E-state index in [1.807, 2.05) is 5.32 Å². The molecule has 1 saturated heterocycles. The smallest absolute Gasteiger partial charge is 0.366 e. The predicted molar refractivity (Wildman–Crippen MR) is 111 cm³/mol. The van der Waals surface area contributed by atoms with Gasteiger partial charge in [-0.1, -0.05) is 6.08 Å². The van der Waals surface area contributed by atoms with E-state index in [4.69, 9.17) is 0 Å². The molecule has 1 unspecified atom stereocenters. The quantitative estimate of drug-likeness (QED) is 0.551. The maximum atomic E-state index is 13.2. The summed E-state index contributed by atoms with van der Waals surface area (Å²) in [7, 11) is 0. The van der Waals surface area contributed by atoms with Crippen molar-refractivity contribution in [3.8, 4) is 0 Å². The maximum Gasteiger partial charge on any atom is 0.408 e. The van der Waals surface area contributed by atoms with Crippen molar-refractivity contribution in [3.05, 3.63) is 42.1 Å². The molecule has 174 valence electrons. The van der Waals surface area contributed by atoms with Crippen LogP contribution in [0.3, 0.4) is 0 Å². The van der Waals surface area contributed by atoms with Gasteiger partial charge in [0, 0.05) is 19.3 Å². The van der Waals surface area contributed by atoms with Crippen LogP contribution in [0.2, 0.25) is 0 Å². The fourth-order valence-corrected chi connectivity index (χ4v) is 4.20. The summed E-state index contributed by atoms with van der Waals surface area (Å²) in [6.45, 7) is 2.20. The van der Waals surface area contributed by atoms with E-state index >= 15 is 0 Å². The summed E-state index contributed by atoms with van der Waals surface area (Å²) in [5, 5.41) is 7.60. The summed E-state index contributed by atoms with van der Waals surface area (Å²) >= 11 is 0. The molecule has 5 heterocycles. The van der Waals surface area contributed by atoms with Crippen LogP contribution in [0.25, 0.3) is 11.0 Å². The molecule has 4 N–H and O–H groups in total. The van der Waals surface area contributed by atoms with E-state index in [-0.39, 0.29) is 12.0 Å². The van der Waals surface area contributed by atoms with Gasteiger partial charge >= 0.3 is 12.2 Å². The van der Waals surface area contributed by atoms with Gasteiger partial charge in [-0.25, -0.2) is 14.8 Å².